The van der Waals surface area contributed by atoms with Crippen LogP contribution in [0.3, 0.4) is 0 Å². The Morgan fingerprint density at radius 3 is 1.17 bits per heavy atom. The molecule has 2 rings (SSSR count). The Morgan fingerprint density at radius 2 is 0.875 bits per heavy atom. The van der Waals surface area contributed by atoms with E-state index in [1.54, 1.807) is 24.3 Å². The molecule has 0 amide bonds. The van der Waals surface area contributed by atoms with Crippen molar-refractivity contribution in [2.24, 2.45) is 10.2 Å². The number of nitrogens with one attached hydrogen (secondary N) is 2. The van der Waals surface area contributed by atoms with Gasteiger partial charge in [0.1, 0.15) is 0 Å². The third-order valence-electron chi connectivity index (χ3n) is 2.58. The fraction of sp³-hybridized carbons (Fsp3) is 0. The smallest absolute Gasteiger partial charge is 0.0935 e. The van der Waals surface area contributed by atoms with Crippen molar-refractivity contribution in [2.75, 3.05) is 10.9 Å². The van der Waals surface area contributed by atoms with E-state index in [2.05, 4.69) is 21.1 Å². The summed E-state index contributed by atoms with van der Waals surface area (Å²) in [5.74, 6) is 0. The Balaban J connectivity index is 1.97. The first-order valence-electron chi connectivity index (χ1n) is 6.24. The van der Waals surface area contributed by atoms with Gasteiger partial charge < -0.3 is 0 Å². The number of benzene rings is 2. The van der Waals surface area contributed by atoms with E-state index in [1.807, 2.05) is 0 Å². The summed E-state index contributed by atoms with van der Waals surface area (Å²) in [5, 5.41) is 10.1. The van der Waals surface area contributed by atoms with Crippen LogP contribution in [0.25, 0.3) is 0 Å². The fourth-order valence-corrected chi connectivity index (χ4v) is 3.37. The maximum absolute atomic E-state index is 6.01. The minimum atomic E-state index is 0.347. The number of nitrogens with zero attached hydrogens (tertiary/aromatic N) is 2. The maximum atomic E-state index is 6.01. The van der Waals surface area contributed by atoms with E-state index in [0.717, 1.165) is 0 Å². The lowest BCUT2D eigenvalue weighted by molar-refractivity contribution is 1.34. The predicted octanol–water partition coefficient (Wildman–Crippen LogP) is 7.10. The van der Waals surface area contributed by atoms with Gasteiger partial charge in [0.05, 0.1) is 43.9 Å². The van der Waals surface area contributed by atoms with Gasteiger partial charge in [0.2, 0.25) is 0 Å². The zero-order chi connectivity index (χ0) is 17.7. The molecule has 2 aromatic carbocycles. The third kappa shape index (κ3) is 5.31. The lowest BCUT2D eigenvalue weighted by Crippen LogP contribution is -1.95. The monoisotopic (exact) mass is 442 g/mol. The van der Waals surface area contributed by atoms with Gasteiger partial charge in [0.25, 0.3) is 0 Å². The SMILES string of the molecule is Clc1cc(Cl)c(N/N=C/C=N/Nc2c(Cl)cc(Cl)cc2Cl)c(Cl)c1. The van der Waals surface area contributed by atoms with Crippen molar-refractivity contribution in [3.63, 3.8) is 0 Å². The lowest BCUT2D eigenvalue weighted by atomic mass is 10.3. The normalized spacial score (nSPS) is 11.4. The van der Waals surface area contributed by atoms with Crippen molar-refractivity contribution >= 4 is 93.4 Å². The highest BCUT2D eigenvalue weighted by Crippen LogP contribution is 2.34. The van der Waals surface area contributed by atoms with Crippen LogP contribution in [0.1, 0.15) is 0 Å². The van der Waals surface area contributed by atoms with E-state index in [-0.39, 0.29) is 0 Å². The van der Waals surface area contributed by atoms with E-state index in [9.17, 15) is 0 Å². The second-order valence-electron chi connectivity index (χ2n) is 4.27. The molecule has 0 unspecified atom stereocenters. The molecular weight excluding hydrogens is 437 g/mol. The number of hydrazone groups is 2. The number of anilines is 2. The van der Waals surface area contributed by atoms with Gasteiger partial charge in [-0.25, -0.2) is 0 Å². The summed E-state index contributed by atoms with van der Waals surface area (Å²) in [6.45, 7) is 0. The van der Waals surface area contributed by atoms with Crippen LogP contribution < -0.4 is 10.9 Å². The average Bonchev–Trinajstić information content (AvgIpc) is 2.46. The van der Waals surface area contributed by atoms with Gasteiger partial charge in [0.15, 0.2) is 0 Å². The van der Waals surface area contributed by atoms with Gasteiger partial charge in [-0.2, -0.15) is 10.2 Å². The Morgan fingerprint density at radius 1 is 0.583 bits per heavy atom. The minimum Gasteiger partial charge on any atom is -0.275 e. The van der Waals surface area contributed by atoms with Gasteiger partial charge in [-0.15, -0.1) is 0 Å². The van der Waals surface area contributed by atoms with Crippen LogP contribution in [0, 0.1) is 0 Å². The van der Waals surface area contributed by atoms with Gasteiger partial charge in [-0.05, 0) is 24.3 Å². The number of hydrogen-bond acceptors (Lipinski definition) is 4. The van der Waals surface area contributed by atoms with Crippen LogP contribution in [0.4, 0.5) is 11.4 Å². The molecule has 0 saturated carbocycles. The molecule has 0 aliphatic heterocycles. The highest BCUT2D eigenvalue weighted by Gasteiger charge is 2.07. The molecule has 0 bridgehead atoms. The molecule has 0 radical (unpaired) electrons. The summed E-state index contributed by atoms with van der Waals surface area (Å²) < 4.78 is 0. The zero-order valence-electron chi connectivity index (χ0n) is 11.6. The topological polar surface area (TPSA) is 48.8 Å². The molecule has 24 heavy (non-hydrogen) atoms. The molecule has 0 heterocycles. The first-order valence-corrected chi connectivity index (χ1v) is 8.51. The van der Waals surface area contributed by atoms with Crippen LogP contribution in [-0.2, 0) is 0 Å². The Labute approximate surface area is 168 Å². The predicted molar refractivity (Wildman–Crippen MR) is 107 cm³/mol. The first kappa shape index (κ1) is 19.4. The molecular formula is C14H8Cl6N4. The summed E-state index contributed by atoms with van der Waals surface area (Å²) in [4.78, 5) is 0. The van der Waals surface area contributed by atoms with Crippen LogP contribution in [0.2, 0.25) is 30.1 Å². The zero-order valence-corrected chi connectivity index (χ0v) is 16.2. The molecule has 0 spiro atoms. The van der Waals surface area contributed by atoms with E-state index < -0.39 is 0 Å². The van der Waals surface area contributed by atoms with E-state index in [4.69, 9.17) is 69.6 Å². The van der Waals surface area contributed by atoms with Crippen molar-refractivity contribution < 1.29 is 0 Å². The minimum absolute atomic E-state index is 0.347. The van der Waals surface area contributed by atoms with E-state index in [0.29, 0.717) is 41.5 Å². The molecule has 2 aromatic rings. The second kappa shape index (κ2) is 8.99. The van der Waals surface area contributed by atoms with Crippen LogP contribution in [0.15, 0.2) is 34.5 Å². The van der Waals surface area contributed by atoms with Gasteiger partial charge in [0, 0.05) is 10.0 Å². The summed E-state index contributed by atoms with van der Waals surface area (Å²) >= 11 is 35.7. The average molecular weight is 445 g/mol. The molecule has 0 saturated heterocycles. The Bertz CT molecular complexity index is 692. The number of rotatable bonds is 5. The van der Waals surface area contributed by atoms with Crippen LogP contribution in [0.5, 0.6) is 0 Å². The Hall–Kier alpha value is -0.880. The van der Waals surface area contributed by atoms with Crippen molar-refractivity contribution in [3.8, 4) is 0 Å². The van der Waals surface area contributed by atoms with Crippen molar-refractivity contribution in [1.29, 1.82) is 0 Å². The highest BCUT2D eigenvalue weighted by molar-refractivity contribution is 6.42. The molecule has 0 aliphatic rings. The van der Waals surface area contributed by atoms with Gasteiger partial charge >= 0.3 is 0 Å². The summed E-state index contributed by atoms with van der Waals surface area (Å²) in [6, 6.07) is 6.19. The molecule has 2 N–H and O–H groups in total. The van der Waals surface area contributed by atoms with Gasteiger partial charge in [-0.3, -0.25) is 10.9 Å². The largest absolute Gasteiger partial charge is 0.275 e. The maximum Gasteiger partial charge on any atom is 0.0935 e. The highest BCUT2D eigenvalue weighted by atomic mass is 35.5. The lowest BCUT2D eigenvalue weighted by Gasteiger charge is -2.06. The third-order valence-corrected chi connectivity index (χ3v) is 4.21. The second-order valence-corrected chi connectivity index (χ2v) is 6.77. The molecule has 126 valence electrons. The van der Waals surface area contributed by atoms with E-state index in [1.165, 1.54) is 12.4 Å². The van der Waals surface area contributed by atoms with Crippen molar-refractivity contribution in [3.05, 3.63) is 54.4 Å². The number of hydrogen-bond donors (Lipinski definition) is 2. The summed E-state index contributed by atoms with van der Waals surface area (Å²) in [5.41, 5.74) is 6.26. The van der Waals surface area contributed by atoms with Crippen molar-refractivity contribution in [2.45, 2.75) is 0 Å². The standard InChI is InChI=1S/C14H8Cl6N4/c15-7-3-9(17)13(10(18)4-7)23-21-1-2-22-24-14-11(19)5-8(16)6-12(14)20/h1-6,23-24H/b21-1+,22-2+. The van der Waals surface area contributed by atoms with Crippen LogP contribution >= 0.6 is 69.6 Å². The fourth-order valence-electron chi connectivity index (χ4n) is 1.57. The summed E-state index contributed by atoms with van der Waals surface area (Å²) in [7, 11) is 0. The summed E-state index contributed by atoms with van der Waals surface area (Å²) in [6.07, 6.45) is 2.76. The molecule has 0 atom stereocenters. The molecule has 4 nitrogen and oxygen atoms in total. The molecule has 0 aliphatic carbocycles. The van der Waals surface area contributed by atoms with Gasteiger partial charge in [-0.1, -0.05) is 69.6 Å². The molecule has 0 fully saturated rings. The van der Waals surface area contributed by atoms with Crippen LogP contribution in [-0.4, -0.2) is 12.4 Å². The first-order chi connectivity index (χ1) is 11.4. The Kier molecular flexibility index (Phi) is 7.29. The molecule has 10 heteroatoms. The quantitative estimate of drug-likeness (QED) is 0.381. The van der Waals surface area contributed by atoms with E-state index >= 15 is 0 Å². The molecule has 0 aromatic heterocycles. The van der Waals surface area contributed by atoms with Crippen molar-refractivity contribution in [1.82, 2.24) is 0 Å². The number of halogens is 6.